The minimum absolute atomic E-state index is 0.0824. The second kappa shape index (κ2) is 1.85. The van der Waals surface area contributed by atoms with Crippen LogP contribution in [0.25, 0.3) is 0 Å². The van der Waals surface area contributed by atoms with E-state index in [-0.39, 0.29) is 5.41 Å². The summed E-state index contributed by atoms with van der Waals surface area (Å²) in [5, 5.41) is 0. The minimum Gasteiger partial charge on any atom is -0.300 e. The lowest BCUT2D eigenvalue weighted by molar-refractivity contribution is -0.121. The molecule has 2 aliphatic carbocycles. The van der Waals surface area contributed by atoms with Crippen molar-refractivity contribution >= 4 is 5.78 Å². The van der Waals surface area contributed by atoms with Gasteiger partial charge < -0.3 is 0 Å². The average Bonchev–Trinajstić information content (AvgIpc) is 2.44. The number of carbonyl (C=O) groups excluding carboxylic acids is 1. The molecule has 1 unspecified atom stereocenters. The Bertz CT molecular complexity index is 198. The average molecular weight is 156 g/mol. The van der Waals surface area contributed by atoms with Crippen molar-refractivity contribution in [3.05, 3.63) is 0 Å². The van der Waals surface area contributed by atoms with Crippen LogP contribution in [0.2, 0.25) is 0 Å². The zero-order valence-corrected chi connectivity index (χ0v) is 6.82. The van der Waals surface area contributed by atoms with E-state index in [4.69, 9.17) is 0 Å². The highest BCUT2D eigenvalue weighted by molar-refractivity contribution is 5.79. The van der Waals surface area contributed by atoms with Gasteiger partial charge in [0, 0.05) is 18.3 Å². The van der Waals surface area contributed by atoms with E-state index < -0.39 is 5.67 Å². The molecule has 0 saturated heterocycles. The van der Waals surface area contributed by atoms with Gasteiger partial charge in [0.1, 0.15) is 11.5 Å². The molecule has 1 nitrogen and oxygen atoms in total. The zero-order valence-electron chi connectivity index (χ0n) is 6.82. The van der Waals surface area contributed by atoms with E-state index in [9.17, 15) is 9.18 Å². The number of rotatable bonds is 0. The summed E-state index contributed by atoms with van der Waals surface area (Å²) in [7, 11) is 0. The van der Waals surface area contributed by atoms with Crippen molar-refractivity contribution in [3.8, 4) is 0 Å². The van der Waals surface area contributed by atoms with Gasteiger partial charge in [0.05, 0.1) is 0 Å². The van der Waals surface area contributed by atoms with Gasteiger partial charge >= 0.3 is 0 Å². The van der Waals surface area contributed by atoms with E-state index in [1.54, 1.807) is 6.92 Å². The van der Waals surface area contributed by atoms with Crippen LogP contribution in [-0.4, -0.2) is 11.5 Å². The number of alkyl halides is 1. The monoisotopic (exact) mass is 156 g/mol. The first kappa shape index (κ1) is 7.26. The van der Waals surface area contributed by atoms with Gasteiger partial charge in [-0.05, 0) is 26.2 Å². The van der Waals surface area contributed by atoms with Crippen LogP contribution in [0.15, 0.2) is 0 Å². The number of ketones is 1. The molecular formula is C9H13FO. The third-order valence-corrected chi connectivity index (χ3v) is 3.42. The van der Waals surface area contributed by atoms with Crippen LogP contribution in [0, 0.1) is 5.41 Å². The molecule has 0 heterocycles. The van der Waals surface area contributed by atoms with Crippen LogP contribution in [-0.2, 0) is 4.79 Å². The third-order valence-electron chi connectivity index (χ3n) is 3.42. The van der Waals surface area contributed by atoms with Gasteiger partial charge in [-0.25, -0.2) is 4.39 Å². The van der Waals surface area contributed by atoms with Crippen LogP contribution in [0.1, 0.15) is 39.0 Å². The Balaban J connectivity index is 2.05. The predicted octanol–water partition coefficient (Wildman–Crippen LogP) is 2.25. The molecule has 0 N–H and O–H groups in total. The van der Waals surface area contributed by atoms with Crippen molar-refractivity contribution < 1.29 is 9.18 Å². The largest absolute Gasteiger partial charge is 0.300 e. The van der Waals surface area contributed by atoms with E-state index in [0.717, 1.165) is 12.8 Å². The first-order valence-electron chi connectivity index (χ1n) is 4.26. The normalized spacial score (nSPS) is 41.1. The lowest BCUT2D eigenvalue weighted by atomic mass is 9.83. The summed E-state index contributed by atoms with van der Waals surface area (Å²) in [6.07, 6.45) is 3.49. The minimum atomic E-state index is -0.951. The number of hydrogen-bond acceptors (Lipinski definition) is 1. The van der Waals surface area contributed by atoms with Gasteiger partial charge in [-0.2, -0.15) is 0 Å². The van der Waals surface area contributed by atoms with Crippen LogP contribution in [0.5, 0.6) is 0 Å². The van der Waals surface area contributed by atoms with Crippen LogP contribution < -0.4 is 0 Å². The number of hydrogen-bond donors (Lipinski definition) is 0. The summed E-state index contributed by atoms with van der Waals surface area (Å²) in [5.74, 6) is 0.318. The Kier molecular flexibility index (Phi) is 1.22. The van der Waals surface area contributed by atoms with Crippen molar-refractivity contribution in [1.29, 1.82) is 0 Å². The molecule has 62 valence electrons. The molecule has 2 saturated carbocycles. The van der Waals surface area contributed by atoms with E-state index >= 15 is 0 Å². The van der Waals surface area contributed by atoms with Gasteiger partial charge in [-0.1, -0.05) is 0 Å². The maximum Gasteiger partial charge on any atom is 0.132 e. The van der Waals surface area contributed by atoms with E-state index in [0.29, 0.717) is 25.0 Å². The molecule has 2 fully saturated rings. The Morgan fingerprint density at radius 2 is 1.82 bits per heavy atom. The second-order valence-corrected chi connectivity index (χ2v) is 4.19. The Labute approximate surface area is 66.0 Å². The molecule has 11 heavy (non-hydrogen) atoms. The molecule has 0 aromatic carbocycles. The van der Waals surface area contributed by atoms with Crippen molar-refractivity contribution in [2.24, 2.45) is 5.41 Å². The van der Waals surface area contributed by atoms with Gasteiger partial charge in [0.15, 0.2) is 0 Å². The third kappa shape index (κ3) is 0.916. The van der Waals surface area contributed by atoms with Gasteiger partial charge in [0.25, 0.3) is 0 Å². The topological polar surface area (TPSA) is 17.1 Å². The molecule has 0 amide bonds. The van der Waals surface area contributed by atoms with Crippen molar-refractivity contribution in [2.45, 2.75) is 44.7 Å². The summed E-state index contributed by atoms with van der Waals surface area (Å²) < 4.78 is 13.4. The molecule has 0 aromatic heterocycles. The fraction of sp³-hybridized carbons (Fsp3) is 0.889. The van der Waals surface area contributed by atoms with Gasteiger partial charge in [0.2, 0.25) is 0 Å². The zero-order chi connectivity index (χ0) is 8.11. The lowest BCUT2D eigenvalue weighted by Crippen LogP contribution is -2.20. The maximum absolute atomic E-state index is 13.4. The van der Waals surface area contributed by atoms with E-state index in [2.05, 4.69) is 0 Å². The molecule has 0 bridgehead atoms. The lowest BCUT2D eigenvalue weighted by Gasteiger charge is -2.21. The molecule has 1 spiro atoms. The summed E-state index contributed by atoms with van der Waals surface area (Å²) in [4.78, 5) is 10.9. The van der Waals surface area contributed by atoms with Crippen molar-refractivity contribution in [3.63, 3.8) is 0 Å². The number of halogens is 1. The molecule has 0 aromatic rings. The van der Waals surface area contributed by atoms with Gasteiger partial charge in [-0.15, -0.1) is 0 Å². The highest BCUT2D eigenvalue weighted by Crippen LogP contribution is 2.65. The number of Topliss-reactive ketones (excluding diaryl/α,β-unsaturated/α-hetero) is 1. The molecule has 1 atom stereocenters. The molecule has 2 aliphatic rings. The molecule has 0 radical (unpaired) electrons. The quantitative estimate of drug-likeness (QED) is 0.525. The van der Waals surface area contributed by atoms with Crippen LogP contribution >= 0.6 is 0 Å². The van der Waals surface area contributed by atoms with E-state index in [1.165, 1.54) is 0 Å². The van der Waals surface area contributed by atoms with E-state index in [1.807, 2.05) is 0 Å². The Morgan fingerprint density at radius 3 is 2.18 bits per heavy atom. The summed E-state index contributed by atoms with van der Waals surface area (Å²) in [5.41, 5.74) is -1.03. The molecule has 2 heteroatoms. The first-order valence-corrected chi connectivity index (χ1v) is 4.26. The van der Waals surface area contributed by atoms with Crippen LogP contribution in [0.3, 0.4) is 0 Å². The first-order chi connectivity index (χ1) is 5.06. The van der Waals surface area contributed by atoms with Gasteiger partial charge in [-0.3, -0.25) is 4.79 Å². The molecule has 0 aliphatic heterocycles. The second-order valence-electron chi connectivity index (χ2n) is 4.19. The van der Waals surface area contributed by atoms with Crippen molar-refractivity contribution in [2.75, 3.05) is 0 Å². The SMILES string of the molecule is CC1(F)CC12CCC(=O)CC2. The highest BCUT2D eigenvalue weighted by atomic mass is 19.1. The summed E-state index contributed by atoms with van der Waals surface area (Å²) >= 11 is 0. The van der Waals surface area contributed by atoms with Crippen LogP contribution in [0.4, 0.5) is 4.39 Å². The molecule has 2 rings (SSSR count). The van der Waals surface area contributed by atoms with Crippen molar-refractivity contribution in [1.82, 2.24) is 0 Å². The smallest absolute Gasteiger partial charge is 0.132 e. The summed E-state index contributed by atoms with van der Waals surface area (Å²) in [6.45, 7) is 1.67. The highest BCUT2D eigenvalue weighted by Gasteiger charge is 2.65. The standard InChI is InChI=1S/C9H13FO/c1-8(10)6-9(8)4-2-7(11)3-5-9/h2-6H2,1H3. The maximum atomic E-state index is 13.4. The Hall–Kier alpha value is -0.400. The number of carbonyl (C=O) groups is 1. The fourth-order valence-electron chi connectivity index (χ4n) is 2.30. The molecular weight excluding hydrogens is 143 g/mol. The predicted molar refractivity (Wildman–Crippen MR) is 40.0 cm³/mol. The Morgan fingerprint density at radius 1 is 1.36 bits per heavy atom. The fourth-order valence-corrected chi connectivity index (χ4v) is 2.30. The summed E-state index contributed by atoms with van der Waals surface area (Å²) in [6, 6.07) is 0.